The number of unbranched alkanes of at least 4 members (excludes halogenated alkanes) is 1. The van der Waals surface area contributed by atoms with Gasteiger partial charge in [0.1, 0.15) is 5.78 Å². The van der Waals surface area contributed by atoms with Crippen LogP contribution in [0, 0.1) is 5.92 Å². The van der Waals surface area contributed by atoms with Crippen LogP contribution in [0.4, 0.5) is 8.78 Å². The minimum Gasteiger partial charge on any atom is -0.299 e. The van der Waals surface area contributed by atoms with Gasteiger partial charge in [0.2, 0.25) is 0 Å². The summed E-state index contributed by atoms with van der Waals surface area (Å²) in [4.78, 5) is 10.9. The van der Waals surface area contributed by atoms with Gasteiger partial charge in [-0.25, -0.2) is 8.78 Å². The van der Waals surface area contributed by atoms with Crippen molar-refractivity contribution in [3.05, 3.63) is 0 Å². The van der Waals surface area contributed by atoms with Crippen LogP contribution in [0.15, 0.2) is 0 Å². The van der Waals surface area contributed by atoms with E-state index in [0.717, 1.165) is 12.8 Å². The van der Waals surface area contributed by atoms with E-state index in [1.165, 1.54) is 0 Å². The van der Waals surface area contributed by atoms with Crippen molar-refractivity contribution in [3.8, 4) is 0 Å². The van der Waals surface area contributed by atoms with Crippen LogP contribution in [-0.2, 0) is 4.79 Å². The molecule has 1 aliphatic carbocycles. The summed E-state index contributed by atoms with van der Waals surface area (Å²) < 4.78 is 24.5. The third kappa shape index (κ3) is 1.98. The average Bonchev–Trinajstić information content (AvgIpc) is 2.55. The molecule has 0 N–H and O–H groups in total. The molecule has 1 aliphatic rings. The van der Waals surface area contributed by atoms with Crippen molar-refractivity contribution >= 4 is 5.78 Å². The third-order valence-electron chi connectivity index (χ3n) is 1.99. The highest BCUT2D eigenvalue weighted by Crippen LogP contribution is 2.49. The summed E-state index contributed by atoms with van der Waals surface area (Å²) >= 11 is 0. The van der Waals surface area contributed by atoms with Crippen molar-refractivity contribution in [1.82, 2.24) is 0 Å². The Morgan fingerprint density at radius 1 is 1.64 bits per heavy atom. The van der Waals surface area contributed by atoms with Gasteiger partial charge < -0.3 is 0 Å². The fourth-order valence-corrected chi connectivity index (χ4v) is 1.09. The van der Waals surface area contributed by atoms with E-state index >= 15 is 0 Å². The zero-order valence-electron chi connectivity index (χ0n) is 6.57. The molecule has 0 aliphatic heterocycles. The third-order valence-corrected chi connectivity index (χ3v) is 1.99. The first-order chi connectivity index (χ1) is 5.08. The molecule has 64 valence electrons. The number of carbonyl (C=O) groups is 1. The summed E-state index contributed by atoms with van der Waals surface area (Å²) in [5.41, 5.74) is 0. The molecule has 0 aromatic heterocycles. The lowest BCUT2D eigenvalue weighted by Crippen LogP contribution is -2.06. The number of Topliss-reactive ketones (excluding diaryl/α,β-unsaturated/α-hetero) is 1. The molecule has 0 aromatic carbocycles. The lowest BCUT2D eigenvalue weighted by Gasteiger charge is -1.96. The van der Waals surface area contributed by atoms with E-state index in [2.05, 4.69) is 0 Å². The molecule has 1 fully saturated rings. The first-order valence-corrected chi connectivity index (χ1v) is 3.98. The zero-order valence-corrected chi connectivity index (χ0v) is 6.57. The summed E-state index contributed by atoms with van der Waals surface area (Å²) in [5.74, 6) is -3.85. The SMILES string of the molecule is CCCCC(=O)C1CC1(F)F. The Morgan fingerprint density at radius 3 is 2.55 bits per heavy atom. The normalized spacial score (nSPS) is 26.6. The minimum atomic E-state index is -2.66. The molecule has 0 spiro atoms. The maximum absolute atomic E-state index is 12.3. The second-order valence-corrected chi connectivity index (χ2v) is 3.09. The number of alkyl halides is 2. The van der Waals surface area contributed by atoms with E-state index in [4.69, 9.17) is 0 Å². The van der Waals surface area contributed by atoms with E-state index in [9.17, 15) is 13.6 Å². The Balaban J connectivity index is 2.23. The van der Waals surface area contributed by atoms with Gasteiger partial charge in [-0.05, 0) is 6.42 Å². The maximum Gasteiger partial charge on any atom is 0.258 e. The van der Waals surface area contributed by atoms with E-state index < -0.39 is 11.8 Å². The molecule has 1 rings (SSSR count). The summed E-state index contributed by atoms with van der Waals surface area (Å²) in [6.07, 6.45) is 1.75. The van der Waals surface area contributed by atoms with Crippen LogP contribution in [0.2, 0.25) is 0 Å². The maximum atomic E-state index is 12.3. The molecular formula is C8H12F2O. The first-order valence-electron chi connectivity index (χ1n) is 3.98. The summed E-state index contributed by atoms with van der Waals surface area (Å²) in [6, 6.07) is 0. The number of rotatable bonds is 4. The van der Waals surface area contributed by atoms with Crippen molar-refractivity contribution in [2.45, 2.75) is 38.5 Å². The minimum absolute atomic E-state index is 0.213. The molecular weight excluding hydrogens is 150 g/mol. The molecule has 0 bridgehead atoms. The molecule has 0 amide bonds. The highest BCUT2D eigenvalue weighted by molar-refractivity contribution is 5.84. The number of ketones is 1. The fraction of sp³-hybridized carbons (Fsp3) is 0.875. The van der Waals surface area contributed by atoms with Crippen molar-refractivity contribution in [1.29, 1.82) is 0 Å². The summed E-state index contributed by atoms with van der Waals surface area (Å²) in [6.45, 7) is 1.94. The topological polar surface area (TPSA) is 17.1 Å². The van der Waals surface area contributed by atoms with Gasteiger partial charge in [0.25, 0.3) is 5.92 Å². The Bertz CT molecular complexity index is 165. The summed E-state index contributed by atoms with van der Waals surface area (Å²) in [5, 5.41) is 0. The van der Waals surface area contributed by atoms with Gasteiger partial charge in [0.15, 0.2) is 0 Å². The van der Waals surface area contributed by atoms with Gasteiger partial charge in [0, 0.05) is 12.8 Å². The van der Waals surface area contributed by atoms with Gasteiger partial charge in [-0.3, -0.25) is 4.79 Å². The van der Waals surface area contributed by atoms with Gasteiger partial charge in [-0.1, -0.05) is 13.3 Å². The second-order valence-electron chi connectivity index (χ2n) is 3.09. The Morgan fingerprint density at radius 2 is 2.18 bits per heavy atom. The molecule has 0 saturated heterocycles. The molecule has 0 radical (unpaired) electrons. The lowest BCUT2D eigenvalue weighted by molar-refractivity contribution is -0.122. The molecule has 11 heavy (non-hydrogen) atoms. The van der Waals surface area contributed by atoms with E-state index in [0.29, 0.717) is 6.42 Å². The smallest absolute Gasteiger partial charge is 0.258 e. The van der Waals surface area contributed by atoms with E-state index in [-0.39, 0.29) is 12.2 Å². The Kier molecular flexibility index (Phi) is 2.25. The van der Waals surface area contributed by atoms with Gasteiger partial charge in [-0.15, -0.1) is 0 Å². The van der Waals surface area contributed by atoms with E-state index in [1.807, 2.05) is 6.92 Å². The monoisotopic (exact) mass is 162 g/mol. The molecule has 1 unspecified atom stereocenters. The van der Waals surface area contributed by atoms with Crippen molar-refractivity contribution in [2.75, 3.05) is 0 Å². The van der Waals surface area contributed by atoms with Gasteiger partial charge in [0.05, 0.1) is 5.92 Å². The van der Waals surface area contributed by atoms with Gasteiger partial charge >= 0.3 is 0 Å². The molecule has 1 atom stereocenters. The molecule has 0 aromatic rings. The number of hydrogen-bond donors (Lipinski definition) is 0. The van der Waals surface area contributed by atoms with Crippen LogP contribution in [0.25, 0.3) is 0 Å². The van der Waals surface area contributed by atoms with Crippen LogP contribution < -0.4 is 0 Å². The van der Waals surface area contributed by atoms with Crippen LogP contribution >= 0.6 is 0 Å². The van der Waals surface area contributed by atoms with Crippen LogP contribution in [-0.4, -0.2) is 11.7 Å². The average molecular weight is 162 g/mol. The zero-order chi connectivity index (χ0) is 8.48. The molecule has 1 saturated carbocycles. The molecule has 3 heteroatoms. The highest BCUT2D eigenvalue weighted by atomic mass is 19.3. The predicted octanol–water partition coefficient (Wildman–Crippen LogP) is 2.40. The van der Waals surface area contributed by atoms with Crippen molar-refractivity contribution < 1.29 is 13.6 Å². The first kappa shape index (κ1) is 8.62. The number of carbonyl (C=O) groups excluding carboxylic acids is 1. The lowest BCUT2D eigenvalue weighted by atomic mass is 10.1. The number of hydrogen-bond acceptors (Lipinski definition) is 1. The second kappa shape index (κ2) is 2.88. The molecule has 1 nitrogen and oxygen atoms in total. The van der Waals surface area contributed by atoms with Crippen LogP contribution in [0.3, 0.4) is 0 Å². The summed E-state index contributed by atoms with van der Waals surface area (Å²) in [7, 11) is 0. The van der Waals surface area contributed by atoms with Crippen LogP contribution in [0.1, 0.15) is 32.6 Å². The van der Waals surface area contributed by atoms with Crippen molar-refractivity contribution in [3.63, 3.8) is 0 Å². The Hall–Kier alpha value is -0.470. The number of halogens is 2. The Labute approximate surface area is 64.8 Å². The van der Waals surface area contributed by atoms with Crippen LogP contribution in [0.5, 0.6) is 0 Å². The standard InChI is InChI=1S/C8H12F2O/c1-2-3-4-7(11)6-5-8(6,9)10/h6H,2-5H2,1H3. The quantitative estimate of drug-likeness (QED) is 0.620. The van der Waals surface area contributed by atoms with Gasteiger partial charge in [-0.2, -0.15) is 0 Å². The molecule has 0 heterocycles. The highest BCUT2D eigenvalue weighted by Gasteiger charge is 2.60. The van der Waals surface area contributed by atoms with E-state index in [1.54, 1.807) is 0 Å². The fourth-order valence-electron chi connectivity index (χ4n) is 1.09. The van der Waals surface area contributed by atoms with Crippen molar-refractivity contribution in [2.24, 2.45) is 5.92 Å². The largest absolute Gasteiger partial charge is 0.299 e. The predicted molar refractivity (Wildman–Crippen MR) is 37.6 cm³/mol.